The Balaban J connectivity index is 2.23. The number of sulfonamides is 1. The van der Waals surface area contributed by atoms with Crippen LogP contribution < -0.4 is 14.9 Å². The van der Waals surface area contributed by atoms with Crippen molar-refractivity contribution in [3.63, 3.8) is 0 Å². The van der Waals surface area contributed by atoms with Gasteiger partial charge in [-0.1, -0.05) is 0 Å². The van der Waals surface area contributed by atoms with Crippen LogP contribution in [0.25, 0.3) is 0 Å². The highest BCUT2D eigenvalue weighted by Gasteiger charge is 2.18. The molecule has 0 aliphatic rings. The molecule has 0 saturated carbocycles. The van der Waals surface area contributed by atoms with Crippen LogP contribution in [0.1, 0.15) is 10.4 Å². The molecule has 27 heavy (non-hydrogen) atoms. The van der Waals surface area contributed by atoms with Gasteiger partial charge in [0.25, 0.3) is 5.91 Å². The van der Waals surface area contributed by atoms with Gasteiger partial charge in [-0.05, 0) is 49.5 Å². The highest BCUT2D eigenvalue weighted by Crippen LogP contribution is 2.20. The van der Waals surface area contributed by atoms with E-state index in [-0.39, 0.29) is 4.90 Å². The van der Waals surface area contributed by atoms with Crippen LogP contribution in [0.3, 0.4) is 0 Å². The summed E-state index contributed by atoms with van der Waals surface area (Å²) in [7, 11) is 0.169. The molecular weight excluding hydrogens is 377 g/mol. The number of halogens is 1. The number of nitrogens with one attached hydrogen (secondary N) is 2. The first-order valence-electron chi connectivity index (χ1n) is 7.66. The minimum absolute atomic E-state index is 0.230. The zero-order chi connectivity index (χ0) is 20.2. The molecule has 0 fully saturated rings. The predicted octanol–water partition coefficient (Wildman–Crippen LogP) is 2.19. The molecule has 0 aliphatic carbocycles. The fraction of sp³-hybridized carbons (Fsp3) is 0.176. The van der Waals surface area contributed by atoms with Gasteiger partial charge in [0.2, 0.25) is 10.0 Å². The number of methoxy groups -OCH3 is 1. The van der Waals surface area contributed by atoms with Gasteiger partial charge < -0.3 is 10.1 Å². The molecule has 0 atom stereocenters. The summed E-state index contributed by atoms with van der Waals surface area (Å²) in [6.07, 6.45) is -0.559. The molecule has 2 aromatic carbocycles. The minimum Gasteiger partial charge on any atom is -0.452 e. The number of nitrogens with zero attached hydrogens (tertiary/aromatic N) is 1. The second-order valence-corrected chi connectivity index (χ2v) is 7.27. The van der Waals surface area contributed by atoms with Crippen molar-refractivity contribution in [1.29, 1.82) is 0 Å². The normalized spacial score (nSPS) is 11.0. The molecule has 0 saturated heterocycles. The van der Waals surface area contributed by atoms with Crippen molar-refractivity contribution in [2.45, 2.75) is 4.90 Å². The van der Waals surface area contributed by atoms with E-state index in [9.17, 15) is 22.4 Å². The quantitative estimate of drug-likeness (QED) is 0.808. The molecule has 10 heteroatoms. The van der Waals surface area contributed by atoms with E-state index < -0.39 is 33.4 Å². The van der Waals surface area contributed by atoms with E-state index in [0.29, 0.717) is 11.4 Å². The molecule has 0 unspecified atom stereocenters. The van der Waals surface area contributed by atoms with Gasteiger partial charge in [0.05, 0.1) is 17.6 Å². The fourth-order valence-electron chi connectivity index (χ4n) is 2.17. The van der Waals surface area contributed by atoms with E-state index >= 15 is 0 Å². The van der Waals surface area contributed by atoms with E-state index in [4.69, 9.17) is 0 Å². The summed E-state index contributed by atoms with van der Waals surface area (Å²) in [4.78, 5) is 24.8. The maximum Gasteiger partial charge on any atom is 0.413 e. The van der Waals surface area contributed by atoms with Crippen LogP contribution in [0.15, 0.2) is 47.4 Å². The van der Waals surface area contributed by atoms with Crippen LogP contribution in [-0.2, 0) is 14.8 Å². The summed E-state index contributed by atoms with van der Waals surface area (Å²) >= 11 is 0. The molecule has 0 radical (unpaired) electrons. The smallest absolute Gasteiger partial charge is 0.413 e. The van der Waals surface area contributed by atoms with Crippen LogP contribution in [0.4, 0.5) is 20.6 Å². The van der Waals surface area contributed by atoms with Crippen molar-refractivity contribution in [2.24, 2.45) is 0 Å². The first-order valence-corrected chi connectivity index (χ1v) is 9.14. The Bertz CT molecular complexity index is 961. The molecule has 0 bridgehead atoms. The Hall–Kier alpha value is -2.98. The van der Waals surface area contributed by atoms with Gasteiger partial charge in [0, 0.05) is 18.4 Å². The maximum absolute atomic E-state index is 14.0. The molecule has 2 N–H and O–H groups in total. The summed E-state index contributed by atoms with van der Waals surface area (Å²) < 4.78 is 44.3. The number of carbonyl (C=O) groups excluding carboxylic acids is 2. The van der Waals surface area contributed by atoms with Crippen molar-refractivity contribution in [2.75, 3.05) is 31.4 Å². The molecule has 144 valence electrons. The third-order valence-corrected chi connectivity index (χ3v) is 5.13. The van der Waals surface area contributed by atoms with Crippen molar-refractivity contribution in [3.05, 3.63) is 53.8 Å². The van der Waals surface area contributed by atoms with Gasteiger partial charge in [-0.25, -0.2) is 22.3 Å². The van der Waals surface area contributed by atoms with Gasteiger partial charge >= 0.3 is 6.09 Å². The largest absolute Gasteiger partial charge is 0.452 e. The second kappa shape index (κ2) is 8.14. The van der Waals surface area contributed by atoms with E-state index in [0.717, 1.165) is 18.2 Å². The zero-order valence-corrected chi connectivity index (χ0v) is 15.6. The molecule has 0 aromatic heterocycles. The van der Waals surface area contributed by atoms with E-state index in [1.807, 2.05) is 0 Å². The Morgan fingerprint density at radius 2 is 1.74 bits per heavy atom. The second-order valence-electron chi connectivity index (χ2n) is 5.38. The highest BCUT2D eigenvalue weighted by atomic mass is 32.2. The summed E-state index contributed by atoms with van der Waals surface area (Å²) in [5.41, 5.74) is 0.443. The van der Waals surface area contributed by atoms with Crippen LogP contribution in [0.2, 0.25) is 0 Å². The average molecular weight is 395 g/mol. The number of ether oxygens (including phenoxy) is 1. The van der Waals surface area contributed by atoms with Crippen LogP contribution in [-0.4, -0.2) is 41.6 Å². The number of benzene rings is 2. The van der Waals surface area contributed by atoms with Crippen LogP contribution in [0.5, 0.6) is 0 Å². The zero-order valence-electron chi connectivity index (χ0n) is 14.8. The third kappa shape index (κ3) is 4.60. The summed E-state index contributed by atoms with van der Waals surface area (Å²) in [6, 6.07) is 9.08. The summed E-state index contributed by atoms with van der Waals surface area (Å²) in [5, 5.41) is 2.48. The monoisotopic (exact) mass is 395 g/mol. The number of hydrogen-bond donors (Lipinski definition) is 2. The Morgan fingerprint density at radius 3 is 2.30 bits per heavy atom. The molecular formula is C17H18FN3O5S. The molecule has 0 spiro atoms. The van der Waals surface area contributed by atoms with Gasteiger partial charge in [0.1, 0.15) is 5.82 Å². The average Bonchev–Trinajstić information content (AvgIpc) is 2.67. The van der Waals surface area contributed by atoms with E-state index in [2.05, 4.69) is 14.8 Å². The summed E-state index contributed by atoms with van der Waals surface area (Å²) in [6.45, 7) is 0. The predicted molar refractivity (Wildman–Crippen MR) is 97.8 cm³/mol. The molecule has 2 rings (SSSR count). The SMILES string of the molecule is CNS(=O)(=O)c1ccc(F)c(C(=O)Nc2ccc(N(C)C(=O)OC)cc2)c1. The van der Waals surface area contributed by atoms with Gasteiger partial charge in [-0.2, -0.15) is 0 Å². The van der Waals surface area contributed by atoms with Gasteiger partial charge in [-0.15, -0.1) is 0 Å². The van der Waals surface area contributed by atoms with Gasteiger partial charge in [-0.3, -0.25) is 9.69 Å². The topological polar surface area (TPSA) is 105 Å². The maximum atomic E-state index is 14.0. The van der Waals surface area contributed by atoms with E-state index in [1.165, 1.54) is 38.2 Å². The Kier molecular flexibility index (Phi) is 6.13. The number of amides is 2. The lowest BCUT2D eigenvalue weighted by Gasteiger charge is -2.16. The van der Waals surface area contributed by atoms with Crippen molar-refractivity contribution in [3.8, 4) is 0 Å². The first kappa shape index (κ1) is 20.3. The number of hydrogen-bond acceptors (Lipinski definition) is 5. The van der Waals surface area contributed by atoms with Crippen LogP contribution >= 0.6 is 0 Å². The number of anilines is 2. The minimum atomic E-state index is -3.82. The number of carbonyl (C=O) groups is 2. The van der Waals surface area contributed by atoms with Crippen molar-refractivity contribution < 1.29 is 27.1 Å². The lowest BCUT2D eigenvalue weighted by molar-refractivity contribution is 0.102. The lowest BCUT2D eigenvalue weighted by Crippen LogP contribution is -2.25. The molecule has 2 amide bonds. The molecule has 0 heterocycles. The molecule has 2 aromatic rings. The lowest BCUT2D eigenvalue weighted by atomic mass is 10.2. The van der Waals surface area contributed by atoms with Crippen LogP contribution in [0, 0.1) is 5.82 Å². The standard InChI is InChI=1S/C17H18FN3O5S/c1-19-27(24,25)13-8-9-15(18)14(10-13)16(22)20-11-4-6-12(7-5-11)21(2)17(23)26-3/h4-10,19H,1-3H3,(H,20,22). The highest BCUT2D eigenvalue weighted by molar-refractivity contribution is 7.89. The molecule has 0 aliphatic heterocycles. The van der Waals surface area contributed by atoms with Crippen molar-refractivity contribution >= 4 is 33.4 Å². The molecule has 8 nitrogen and oxygen atoms in total. The summed E-state index contributed by atoms with van der Waals surface area (Å²) in [5.74, 6) is -1.67. The Morgan fingerprint density at radius 1 is 1.11 bits per heavy atom. The van der Waals surface area contributed by atoms with Crippen molar-refractivity contribution in [1.82, 2.24) is 4.72 Å². The Labute approximate surface area is 156 Å². The van der Waals surface area contributed by atoms with E-state index in [1.54, 1.807) is 12.1 Å². The number of rotatable bonds is 5. The first-order chi connectivity index (χ1) is 12.7. The third-order valence-electron chi connectivity index (χ3n) is 3.72. The van der Waals surface area contributed by atoms with Gasteiger partial charge in [0.15, 0.2) is 0 Å². The fourth-order valence-corrected chi connectivity index (χ4v) is 2.93.